The summed E-state index contributed by atoms with van der Waals surface area (Å²) in [6, 6.07) is 19.4. The van der Waals surface area contributed by atoms with Crippen LogP contribution in [0, 0.1) is 5.41 Å². The van der Waals surface area contributed by atoms with Crippen LogP contribution in [0.4, 0.5) is 0 Å². The van der Waals surface area contributed by atoms with Crippen LogP contribution in [0.15, 0.2) is 54.6 Å². The van der Waals surface area contributed by atoms with Gasteiger partial charge in [0.1, 0.15) is 0 Å². The largest absolute Gasteiger partial charge is 0.323 e. The highest BCUT2D eigenvalue weighted by Crippen LogP contribution is 2.37. The van der Waals surface area contributed by atoms with Gasteiger partial charge in [0.2, 0.25) is 0 Å². The average molecular weight is 263 g/mol. The lowest BCUT2D eigenvalue weighted by atomic mass is 9.80. The summed E-state index contributed by atoms with van der Waals surface area (Å²) < 4.78 is 0. The number of nitrogens with two attached hydrogens (primary N) is 1. The molecule has 0 saturated heterocycles. The second kappa shape index (κ2) is 4.60. The predicted octanol–water partition coefficient (Wildman–Crippen LogP) is 5.04. The van der Waals surface area contributed by atoms with Gasteiger partial charge in [-0.25, -0.2) is 0 Å². The summed E-state index contributed by atoms with van der Waals surface area (Å²) in [6.07, 6.45) is 0. The Morgan fingerprint density at radius 1 is 0.800 bits per heavy atom. The minimum absolute atomic E-state index is 0.0250. The van der Waals surface area contributed by atoms with Crippen LogP contribution in [-0.4, -0.2) is 0 Å². The molecule has 1 heteroatoms. The van der Waals surface area contributed by atoms with Gasteiger partial charge in [-0.2, -0.15) is 0 Å². The highest BCUT2D eigenvalue weighted by atomic mass is 14.7. The van der Waals surface area contributed by atoms with E-state index in [1.165, 1.54) is 27.1 Å². The monoisotopic (exact) mass is 263 g/mol. The van der Waals surface area contributed by atoms with Gasteiger partial charge in [0, 0.05) is 6.04 Å². The van der Waals surface area contributed by atoms with E-state index in [2.05, 4.69) is 75.4 Å². The Balaban J connectivity index is 2.41. The molecule has 1 nitrogen and oxygen atoms in total. The minimum Gasteiger partial charge on any atom is -0.323 e. The second-order valence-electron chi connectivity index (χ2n) is 6.58. The van der Waals surface area contributed by atoms with E-state index >= 15 is 0 Å². The van der Waals surface area contributed by atoms with E-state index in [-0.39, 0.29) is 11.5 Å². The number of hydrogen-bond donors (Lipinski definition) is 1. The number of benzene rings is 3. The zero-order valence-electron chi connectivity index (χ0n) is 12.4. The lowest BCUT2D eigenvalue weighted by molar-refractivity contribution is 0.329. The lowest BCUT2D eigenvalue weighted by Gasteiger charge is -2.29. The van der Waals surface area contributed by atoms with Crippen molar-refractivity contribution in [1.29, 1.82) is 0 Å². The molecule has 0 spiro atoms. The van der Waals surface area contributed by atoms with E-state index < -0.39 is 0 Å². The number of rotatable bonds is 1. The fraction of sp³-hybridized carbons (Fsp3) is 0.263. The molecule has 2 N–H and O–H groups in total. The van der Waals surface area contributed by atoms with Gasteiger partial charge in [-0.05, 0) is 38.6 Å². The van der Waals surface area contributed by atoms with Gasteiger partial charge in [0.05, 0.1) is 0 Å². The molecule has 0 heterocycles. The van der Waals surface area contributed by atoms with E-state index in [0.717, 1.165) is 0 Å². The summed E-state index contributed by atoms with van der Waals surface area (Å²) in [5.41, 5.74) is 7.82. The fourth-order valence-electron chi connectivity index (χ4n) is 2.81. The maximum absolute atomic E-state index is 6.53. The highest BCUT2D eigenvalue weighted by molar-refractivity contribution is 6.09. The first-order valence-corrected chi connectivity index (χ1v) is 7.14. The third kappa shape index (κ3) is 2.08. The third-order valence-corrected chi connectivity index (χ3v) is 4.07. The Morgan fingerprint density at radius 2 is 1.35 bits per heavy atom. The molecule has 0 radical (unpaired) electrons. The summed E-state index contributed by atoms with van der Waals surface area (Å²) in [5, 5.41) is 5.13. The normalized spacial score (nSPS) is 13.8. The lowest BCUT2D eigenvalue weighted by Crippen LogP contribution is -2.26. The van der Waals surface area contributed by atoms with Crippen molar-refractivity contribution in [3.63, 3.8) is 0 Å². The van der Waals surface area contributed by atoms with Gasteiger partial charge in [-0.3, -0.25) is 0 Å². The molecular weight excluding hydrogens is 242 g/mol. The van der Waals surface area contributed by atoms with E-state index in [0.29, 0.717) is 0 Å². The van der Waals surface area contributed by atoms with Crippen molar-refractivity contribution >= 4 is 21.5 Å². The molecule has 0 bridgehead atoms. The van der Waals surface area contributed by atoms with E-state index in [1.807, 2.05) is 0 Å². The zero-order valence-corrected chi connectivity index (χ0v) is 12.4. The molecule has 0 amide bonds. The van der Waals surface area contributed by atoms with Gasteiger partial charge in [0.25, 0.3) is 0 Å². The van der Waals surface area contributed by atoms with Crippen LogP contribution in [0.25, 0.3) is 21.5 Å². The minimum atomic E-state index is 0.0250. The standard InChI is InChI=1S/C19H21N/c1-19(2,3)18(20)17-12-13-8-4-5-9-14(13)15-10-6-7-11-16(15)17/h4-12,18H,20H2,1-3H3/t18-/m0/s1. The van der Waals surface area contributed by atoms with Gasteiger partial charge >= 0.3 is 0 Å². The summed E-state index contributed by atoms with van der Waals surface area (Å²) in [7, 11) is 0. The molecule has 3 aromatic rings. The van der Waals surface area contributed by atoms with E-state index in [4.69, 9.17) is 5.73 Å². The predicted molar refractivity (Wildman–Crippen MR) is 87.8 cm³/mol. The summed E-state index contributed by atoms with van der Waals surface area (Å²) in [4.78, 5) is 0. The second-order valence-corrected chi connectivity index (χ2v) is 6.58. The first-order chi connectivity index (χ1) is 9.48. The SMILES string of the molecule is CC(C)(C)[C@@H](N)c1cc2ccccc2c2ccccc12. The van der Waals surface area contributed by atoms with Crippen LogP contribution in [0.3, 0.4) is 0 Å². The molecule has 20 heavy (non-hydrogen) atoms. The summed E-state index contributed by atoms with van der Waals surface area (Å²) >= 11 is 0. The summed E-state index contributed by atoms with van der Waals surface area (Å²) in [6.45, 7) is 6.59. The molecule has 0 unspecified atom stereocenters. The topological polar surface area (TPSA) is 26.0 Å². The number of fused-ring (bicyclic) bond motifs is 3. The summed E-state index contributed by atoms with van der Waals surface area (Å²) in [5.74, 6) is 0. The molecule has 0 aromatic heterocycles. The maximum Gasteiger partial charge on any atom is 0.0350 e. The van der Waals surface area contributed by atoms with Crippen LogP contribution in [0.1, 0.15) is 32.4 Å². The van der Waals surface area contributed by atoms with Crippen molar-refractivity contribution < 1.29 is 0 Å². The van der Waals surface area contributed by atoms with Gasteiger partial charge in [0.15, 0.2) is 0 Å². The van der Waals surface area contributed by atoms with Gasteiger partial charge in [-0.15, -0.1) is 0 Å². The Bertz CT molecular complexity index is 765. The molecule has 0 saturated carbocycles. The molecular formula is C19H21N. The van der Waals surface area contributed by atoms with Crippen molar-refractivity contribution in [2.45, 2.75) is 26.8 Å². The third-order valence-electron chi connectivity index (χ3n) is 4.07. The zero-order chi connectivity index (χ0) is 14.3. The first-order valence-electron chi connectivity index (χ1n) is 7.14. The quantitative estimate of drug-likeness (QED) is 0.612. The maximum atomic E-state index is 6.53. The van der Waals surface area contributed by atoms with Crippen LogP contribution in [-0.2, 0) is 0 Å². The van der Waals surface area contributed by atoms with E-state index in [9.17, 15) is 0 Å². The Labute approximate surface area is 120 Å². The molecule has 3 rings (SSSR count). The van der Waals surface area contributed by atoms with Crippen molar-refractivity contribution in [1.82, 2.24) is 0 Å². The van der Waals surface area contributed by atoms with Crippen LogP contribution in [0.2, 0.25) is 0 Å². The average Bonchev–Trinajstić information content (AvgIpc) is 2.44. The van der Waals surface area contributed by atoms with Crippen molar-refractivity contribution in [3.8, 4) is 0 Å². The molecule has 0 aliphatic rings. The van der Waals surface area contributed by atoms with E-state index in [1.54, 1.807) is 0 Å². The van der Waals surface area contributed by atoms with Crippen molar-refractivity contribution in [2.24, 2.45) is 11.1 Å². The Hall–Kier alpha value is -1.86. The number of hydrogen-bond acceptors (Lipinski definition) is 1. The molecule has 0 aliphatic heterocycles. The Morgan fingerprint density at radius 3 is 2.00 bits per heavy atom. The molecule has 3 aromatic carbocycles. The molecule has 0 aliphatic carbocycles. The highest BCUT2D eigenvalue weighted by Gasteiger charge is 2.24. The smallest absolute Gasteiger partial charge is 0.0350 e. The van der Waals surface area contributed by atoms with Gasteiger partial charge in [-0.1, -0.05) is 69.3 Å². The van der Waals surface area contributed by atoms with Crippen molar-refractivity contribution in [3.05, 3.63) is 60.2 Å². The fourth-order valence-corrected chi connectivity index (χ4v) is 2.81. The first kappa shape index (κ1) is 13.1. The molecule has 0 fully saturated rings. The van der Waals surface area contributed by atoms with Gasteiger partial charge < -0.3 is 5.73 Å². The van der Waals surface area contributed by atoms with Crippen molar-refractivity contribution in [2.75, 3.05) is 0 Å². The molecule has 102 valence electrons. The van der Waals surface area contributed by atoms with Crippen LogP contribution >= 0.6 is 0 Å². The molecule has 1 atom stereocenters. The Kier molecular flexibility index (Phi) is 3.02. The van der Waals surface area contributed by atoms with Crippen LogP contribution < -0.4 is 5.73 Å². The van der Waals surface area contributed by atoms with Crippen LogP contribution in [0.5, 0.6) is 0 Å².